The first-order valence-electron chi connectivity index (χ1n) is 16.0. The first-order chi connectivity index (χ1) is 23.7. The number of amides is 1. The van der Waals surface area contributed by atoms with Gasteiger partial charge in [0.15, 0.2) is 11.6 Å². The predicted octanol–water partition coefficient (Wildman–Crippen LogP) is 5.94. The number of alkyl halides is 3. The smallest absolute Gasteiger partial charge is 0.389 e. The van der Waals surface area contributed by atoms with Crippen molar-refractivity contribution in [2.24, 2.45) is 0 Å². The van der Waals surface area contributed by atoms with Gasteiger partial charge in [0.2, 0.25) is 5.91 Å². The molecular formula is C34H36F5N7O3S. The van der Waals surface area contributed by atoms with E-state index in [-0.39, 0.29) is 86.6 Å². The number of hydrogen-bond donors (Lipinski definition) is 1. The Bertz CT molecular complexity index is 2020. The molecule has 2 aromatic carbocycles. The van der Waals surface area contributed by atoms with E-state index in [4.69, 9.17) is 15.2 Å². The molecule has 0 unspecified atom stereocenters. The number of nitrogens with zero attached hydrogens (tertiary/aromatic N) is 6. The van der Waals surface area contributed by atoms with Crippen LogP contribution in [-0.2, 0) is 27.1 Å². The van der Waals surface area contributed by atoms with Crippen molar-refractivity contribution >= 4 is 49.1 Å². The number of ether oxygens (including phenoxy) is 2. The maximum Gasteiger partial charge on any atom is 0.417 e. The van der Waals surface area contributed by atoms with Gasteiger partial charge in [0.05, 0.1) is 34.6 Å². The molecule has 4 heterocycles. The molecule has 4 aromatic rings. The number of anilines is 2. The van der Waals surface area contributed by atoms with Crippen LogP contribution in [0.3, 0.4) is 0 Å². The normalized spacial score (nSPS) is 21.4. The fourth-order valence-corrected chi connectivity index (χ4v) is 8.26. The number of nitriles is 1. The van der Waals surface area contributed by atoms with Gasteiger partial charge in [-0.25, -0.2) is 18.7 Å². The number of thiophene rings is 1. The van der Waals surface area contributed by atoms with Crippen LogP contribution in [0.25, 0.3) is 32.1 Å². The molecule has 266 valence electrons. The quantitative estimate of drug-likeness (QED) is 0.221. The maximum absolute atomic E-state index is 17.0. The maximum atomic E-state index is 17.0. The van der Waals surface area contributed by atoms with Crippen molar-refractivity contribution in [2.75, 3.05) is 51.5 Å². The Morgan fingerprint density at radius 3 is 2.62 bits per heavy atom. The summed E-state index contributed by atoms with van der Waals surface area (Å²) in [5, 5.41) is 9.29. The Balaban J connectivity index is 1.54. The van der Waals surface area contributed by atoms with E-state index >= 15 is 4.39 Å². The van der Waals surface area contributed by atoms with Crippen LogP contribution in [0.4, 0.5) is 32.8 Å². The number of methoxy groups -OCH3 is 1. The van der Waals surface area contributed by atoms with Crippen molar-refractivity contribution in [1.29, 1.82) is 5.26 Å². The molecule has 2 aliphatic heterocycles. The van der Waals surface area contributed by atoms with Crippen LogP contribution in [-0.4, -0.2) is 90.8 Å². The minimum Gasteiger partial charge on any atom is -0.389 e. The Morgan fingerprint density at radius 1 is 1.26 bits per heavy atom. The fraction of sp³-hybridized carbons (Fsp3) is 0.471. The molecule has 2 N–H and O–H groups in total. The third-order valence-corrected chi connectivity index (χ3v) is 11.0. The summed E-state index contributed by atoms with van der Waals surface area (Å²) in [5.74, 6) is -2.21. The van der Waals surface area contributed by atoms with Gasteiger partial charge in [0.1, 0.15) is 34.8 Å². The summed E-state index contributed by atoms with van der Waals surface area (Å²) < 4.78 is 88.1. The predicted molar refractivity (Wildman–Crippen MR) is 180 cm³/mol. The first-order valence-corrected chi connectivity index (χ1v) is 16.8. The third kappa shape index (κ3) is 6.21. The number of nitrogens with two attached hydrogens (primary N) is 1. The SMILES string of the molecule is CO[C@@H]1C[C@@H](COCc2nc(N(C)[C@H]3CCN(C(C)=O)[C@H]3C)c3cc(C(F)(F)F)c(-c4ccc(F)c5sc(N)c(C#N)c45)c(F)c3n2)N(C)C1. The van der Waals surface area contributed by atoms with Crippen molar-refractivity contribution < 1.29 is 36.2 Å². The monoisotopic (exact) mass is 717 g/mol. The second-order valence-corrected chi connectivity index (χ2v) is 13.9. The highest BCUT2D eigenvalue weighted by molar-refractivity contribution is 7.23. The largest absolute Gasteiger partial charge is 0.417 e. The molecule has 10 nitrogen and oxygen atoms in total. The molecule has 16 heteroatoms. The summed E-state index contributed by atoms with van der Waals surface area (Å²) in [6.45, 7) is 4.55. The number of carbonyl (C=O) groups is 1. The second kappa shape index (κ2) is 13.5. The minimum absolute atomic E-state index is 0.0312. The molecular weight excluding hydrogens is 681 g/mol. The van der Waals surface area contributed by atoms with E-state index in [1.807, 2.05) is 20.0 Å². The van der Waals surface area contributed by atoms with Crippen LogP contribution in [0.2, 0.25) is 0 Å². The lowest BCUT2D eigenvalue weighted by Gasteiger charge is -2.32. The highest BCUT2D eigenvalue weighted by Gasteiger charge is 2.40. The van der Waals surface area contributed by atoms with Crippen molar-refractivity contribution in [1.82, 2.24) is 19.8 Å². The molecule has 0 radical (unpaired) electrons. The van der Waals surface area contributed by atoms with Crippen molar-refractivity contribution in [3.8, 4) is 17.2 Å². The molecule has 0 spiro atoms. The van der Waals surface area contributed by atoms with Gasteiger partial charge in [-0.1, -0.05) is 6.07 Å². The lowest BCUT2D eigenvalue weighted by molar-refractivity contribution is -0.137. The first kappa shape index (κ1) is 35.6. The van der Waals surface area contributed by atoms with Crippen molar-refractivity contribution in [3.05, 3.63) is 46.8 Å². The van der Waals surface area contributed by atoms with E-state index in [1.54, 1.807) is 24.0 Å². The van der Waals surface area contributed by atoms with Gasteiger partial charge < -0.3 is 25.0 Å². The number of halogens is 5. The lowest BCUT2D eigenvalue weighted by Crippen LogP contribution is -2.43. The van der Waals surface area contributed by atoms with E-state index in [2.05, 4.69) is 14.9 Å². The van der Waals surface area contributed by atoms with Crippen molar-refractivity contribution in [3.63, 3.8) is 0 Å². The topological polar surface area (TPSA) is 121 Å². The molecule has 0 aliphatic carbocycles. The van der Waals surface area contributed by atoms with Crippen LogP contribution in [0.5, 0.6) is 0 Å². The van der Waals surface area contributed by atoms with Gasteiger partial charge in [-0.2, -0.15) is 18.4 Å². The fourth-order valence-electron chi connectivity index (χ4n) is 7.31. The number of carbonyl (C=O) groups excluding carboxylic acids is 1. The van der Waals surface area contributed by atoms with Gasteiger partial charge >= 0.3 is 6.18 Å². The van der Waals surface area contributed by atoms with Gasteiger partial charge in [-0.3, -0.25) is 9.69 Å². The lowest BCUT2D eigenvalue weighted by atomic mass is 9.92. The van der Waals surface area contributed by atoms with E-state index in [9.17, 15) is 27.6 Å². The Kier molecular flexibility index (Phi) is 9.64. The number of benzene rings is 2. The molecule has 4 atom stereocenters. The number of fused-ring (bicyclic) bond motifs is 2. The Labute approximate surface area is 289 Å². The Morgan fingerprint density at radius 2 is 2.00 bits per heavy atom. The minimum atomic E-state index is -5.09. The summed E-state index contributed by atoms with van der Waals surface area (Å²) in [4.78, 5) is 26.7. The zero-order valence-corrected chi connectivity index (χ0v) is 28.9. The third-order valence-electron chi connectivity index (χ3n) is 9.94. The average Bonchev–Trinajstić information content (AvgIpc) is 3.74. The standard InChI is InChI=1S/C34H36F5N7O3S/c1-16-25(8-9-46(16)17(2)47)45(4)33-21-11-23(34(37,38)39)28(20-6-7-24(35)31-27(20)22(12-40)32(41)50-31)29(36)30(21)42-26(43-33)15-49-14-18-10-19(48-5)13-44(18)3/h6-7,11,16,18-19,25H,8-10,13-15,41H2,1-5H3/t16-,18-,19+,25-/m0/s1. The van der Waals surface area contributed by atoms with E-state index in [0.717, 1.165) is 31.2 Å². The molecule has 50 heavy (non-hydrogen) atoms. The Hall–Kier alpha value is -4.17. The van der Waals surface area contributed by atoms with Crippen LogP contribution < -0.4 is 10.6 Å². The average molecular weight is 718 g/mol. The van der Waals surface area contributed by atoms with Gasteiger partial charge in [-0.15, -0.1) is 11.3 Å². The van der Waals surface area contributed by atoms with Gasteiger partial charge in [0, 0.05) is 62.6 Å². The van der Waals surface area contributed by atoms with Crippen LogP contribution in [0.1, 0.15) is 43.6 Å². The number of likely N-dealkylation sites (tertiary alicyclic amines) is 2. The van der Waals surface area contributed by atoms with E-state index < -0.39 is 34.5 Å². The highest BCUT2D eigenvalue weighted by atomic mass is 32.1. The summed E-state index contributed by atoms with van der Waals surface area (Å²) in [6.07, 6.45) is -3.81. The highest BCUT2D eigenvalue weighted by Crippen LogP contribution is 2.48. The molecule has 2 saturated heterocycles. The van der Waals surface area contributed by atoms with E-state index in [1.165, 1.54) is 6.92 Å². The summed E-state index contributed by atoms with van der Waals surface area (Å²) >= 11 is 0.696. The molecule has 2 aliphatic rings. The summed E-state index contributed by atoms with van der Waals surface area (Å²) in [5.41, 5.74) is 2.71. The van der Waals surface area contributed by atoms with Crippen LogP contribution >= 0.6 is 11.3 Å². The number of likely N-dealkylation sites (N-methyl/N-ethyl adjacent to an activating group) is 2. The molecule has 1 amide bonds. The van der Waals surface area contributed by atoms with E-state index in [0.29, 0.717) is 24.3 Å². The summed E-state index contributed by atoms with van der Waals surface area (Å²) in [7, 11) is 5.23. The molecule has 0 bridgehead atoms. The number of rotatable bonds is 8. The zero-order chi connectivity index (χ0) is 36.2. The number of aromatic nitrogens is 2. The number of hydrogen-bond acceptors (Lipinski definition) is 10. The molecule has 2 fully saturated rings. The van der Waals surface area contributed by atoms with Gasteiger partial charge in [0.25, 0.3) is 0 Å². The van der Waals surface area contributed by atoms with Crippen LogP contribution in [0.15, 0.2) is 18.2 Å². The zero-order valence-electron chi connectivity index (χ0n) is 28.1. The molecule has 0 saturated carbocycles. The summed E-state index contributed by atoms with van der Waals surface area (Å²) in [6, 6.07) is 3.93. The molecule has 2 aromatic heterocycles. The molecule has 6 rings (SSSR count). The van der Waals surface area contributed by atoms with Gasteiger partial charge in [-0.05, 0) is 44.5 Å². The van der Waals surface area contributed by atoms with Crippen molar-refractivity contribution in [2.45, 2.75) is 63.7 Å². The second-order valence-electron chi connectivity index (χ2n) is 12.8. The number of nitrogen functional groups attached to an aromatic ring is 1. The van der Waals surface area contributed by atoms with Crippen LogP contribution in [0, 0.1) is 23.0 Å².